The molecule has 5 N–H and O–H groups in total. The van der Waals surface area contributed by atoms with Gasteiger partial charge in [0, 0.05) is 54.1 Å². The monoisotopic (exact) mass is 497 g/mol. The lowest BCUT2D eigenvalue weighted by molar-refractivity contribution is -0.114. The molecule has 0 fully saturated rings. The van der Waals surface area contributed by atoms with Crippen molar-refractivity contribution in [1.82, 2.24) is 4.98 Å². The molecule has 0 aliphatic carbocycles. The van der Waals surface area contributed by atoms with Crippen LogP contribution >= 0.6 is 0 Å². The number of hydrogen-bond donors (Lipinski definition) is 4. The summed E-state index contributed by atoms with van der Waals surface area (Å²) in [6.45, 7) is 3.92. The first-order valence-electron chi connectivity index (χ1n) is 12.0. The number of hydrogen-bond acceptors (Lipinski definition) is 5. The average Bonchev–Trinajstić information content (AvgIpc) is 3.26. The van der Waals surface area contributed by atoms with Gasteiger partial charge in [-0.25, -0.2) is 4.79 Å². The third kappa shape index (κ3) is 4.97. The number of aromatic amines is 1. The first kappa shape index (κ1) is 23.9. The van der Waals surface area contributed by atoms with Gasteiger partial charge in [-0.15, -0.1) is 0 Å². The molecule has 37 heavy (non-hydrogen) atoms. The molecule has 188 valence electrons. The Balaban J connectivity index is 1.55. The van der Waals surface area contributed by atoms with Crippen molar-refractivity contribution >= 4 is 45.9 Å². The van der Waals surface area contributed by atoms with Crippen molar-refractivity contribution in [2.24, 2.45) is 5.73 Å². The molecule has 9 nitrogen and oxygen atoms in total. The minimum Gasteiger partial charge on any atom is -0.410 e. The highest BCUT2D eigenvalue weighted by atomic mass is 16.5. The third-order valence-corrected chi connectivity index (χ3v) is 6.35. The number of fused-ring (bicyclic) bond motifs is 2. The molecule has 4 aromatic rings. The van der Waals surface area contributed by atoms with E-state index in [1.807, 2.05) is 43.5 Å². The Morgan fingerprint density at radius 1 is 1.05 bits per heavy atom. The summed E-state index contributed by atoms with van der Waals surface area (Å²) >= 11 is 0. The number of ether oxygens (including phenoxy) is 1. The number of nitrogens with one attached hydrogen (secondary N) is 3. The SMILES string of the molecule is CC(=O)Nc1cc(C(=O)N2CCC(C)Nc3ccc(OC(N)=O)cc32)ccc1-c1ccc2[nH]ccc2c1. The molecule has 1 unspecified atom stereocenters. The molecular formula is C28H27N5O4. The fraction of sp³-hybridized carbons (Fsp3) is 0.179. The van der Waals surface area contributed by atoms with E-state index in [4.69, 9.17) is 10.5 Å². The maximum absolute atomic E-state index is 13.8. The van der Waals surface area contributed by atoms with Crippen molar-refractivity contribution in [3.8, 4) is 16.9 Å². The van der Waals surface area contributed by atoms with Crippen molar-refractivity contribution in [1.29, 1.82) is 0 Å². The second-order valence-corrected chi connectivity index (χ2v) is 9.11. The van der Waals surface area contributed by atoms with E-state index in [0.717, 1.165) is 27.7 Å². The predicted octanol–water partition coefficient (Wildman–Crippen LogP) is 5.10. The number of carbonyl (C=O) groups excluding carboxylic acids is 3. The smallest absolute Gasteiger partial charge is 0.409 e. The van der Waals surface area contributed by atoms with Crippen LogP contribution in [0.1, 0.15) is 30.6 Å². The lowest BCUT2D eigenvalue weighted by Crippen LogP contribution is -2.32. The number of nitrogens with two attached hydrogens (primary N) is 1. The van der Waals surface area contributed by atoms with E-state index in [2.05, 4.69) is 15.6 Å². The van der Waals surface area contributed by atoms with Crippen LogP contribution in [0, 0.1) is 0 Å². The van der Waals surface area contributed by atoms with Crippen LogP contribution in [0.15, 0.2) is 66.9 Å². The zero-order chi connectivity index (χ0) is 26.1. The number of primary amides is 1. The second-order valence-electron chi connectivity index (χ2n) is 9.11. The summed E-state index contributed by atoms with van der Waals surface area (Å²) in [5.74, 6) is -0.234. The van der Waals surface area contributed by atoms with Gasteiger partial charge >= 0.3 is 6.09 Å². The van der Waals surface area contributed by atoms with Gasteiger partial charge in [-0.1, -0.05) is 12.1 Å². The minimum atomic E-state index is -0.929. The highest BCUT2D eigenvalue weighted by Gasteiger charge is 2.26. The van der Waals surface area contributed by atoms with Gasteiger partial charge in [0.15, 0.2) is 0 Å². The largest absolute Gasteiger partial charge is 0.410 e. The zero-order valence-corrected chi connectivity index (χ0v) is 20.5. The maximum Gasteiger partial charge on any atom is 0.409 e. The molecule has 1 aromatic heterocycles. The van der Waals surface area contributed by atoms with Gasteiger partial charge in [-0.3, -0.25) is 9.59 Å². The van der Waals surface area contributed by atoms with Crippen molar-refractivity contribution in [3.63, 3.8) is 0 Å². The molecule has 9 heteroatoms. The number of aromatic nitrogens is 1. The molecule has 3 aromatic carbocycles. The van der Waals surface area contributed by atoms with Gasteiger partial charge < -0.3 is 31.0 Å². The lowest BCUT2D eigenvalue weighted by Gasteiger charge is -2.24. The summed E-state index contributed by atoms with van der Waals surface area (Å²) in [6, 6.07) is 18.4. The Labute approximate surface area is 213 Å². The zero-order valence-electron chi connectivity index (χ0n) is 20.5. The first-order valence-corrected chi connectivity index (χ1v) is 12.0. The summed E-state index contributed by atoms with van der Waals surface area (Å²) < 4.78 is 5.06. The van der Waals surface area contributed by atoms with E-state index in [1.54, 1.807) is 35.2 Å². The summed E-state index contributed by atoms with van der Waals surface area (Å²) in [4.78, 5) is 42.0. The van der Waals surface area contributed by atoms with Crippen LogP contribution in [-0.2, 0) is 4.79 Å². The maximum atomic E-state index is 13.8. The number of rotatable bonds is 4. The Morgan fingerprint density at radius 2 is 1.89 bits per heavy atom. The van der Waals surface area contributed by atoms with Crippen LogP contribution in [0.5, 0.6) is 5.75 Å². The molecule has 0 spiro atoms. The molecular weight excluding hydrogens is 470 g/mol. The second kappa shape index (κ2) is 9.69. The van der Waals surface area contributed by atoms with Gasteiger partial charge in [0.1, 0.15) is 5.75 Å². The summed E-state index contributed by atoms with van der Waals surface area (Å²) in [7, 11) is 0. The fourth-order valence-corrected chi connectivity index (χ4v) is 4.63. The van der Waals surface area contributed by atoms with Crippen LogP contribution in [0.2, 0.25) is 0 Å². The molecule has 1 aliphatic rings. The molecule has 0 radical (unpaired) electrons. The Morgan fingerprint density at radius 3 is 2.68 bits per heavy atom. The molecule has 0 saturated heterocycles. The van der Waals surface area contributed by atoms with E-state index in [-0.39, 0.29) is 23.6 Å². The molecule has 1 atom stereocenters. The number of nitrogens with zero attached hydrogens (tertiary/aromatic N) is 1. The standard InChI is InChI=1S/C28H27N5O4/c1-16-10-12-33(26-15-21(37-28(29)36)5-8-24(26)31-16)27(35)20-3-6-22(25(14-20)32-17(2)34)18-4-7-23-19(13-18)9-11-30-23/h3-9,11,13-16,30-31H,10,12H2,1-2H3,(H2,29,36)(H,32,34). The van der Waals surface area contributed by atoms with E-state index in [9.17, 15) is 14.4 Å². The quantitative estimate of drug-likeness (QED) is 0.312. The Bertz CT molecular complexity index is 1530. The van der Waals surface area contributed by atoms with Crippen molar-refractivity contribution in [2.75, 3.05) is 22.1 Å². The fourth-order valence-electron chi connectivity index (χ4n) is 4.63. The number of amides is 3. The molecule has 0 bridgehead atoms. The van der Waals surface area contributed by atoms with E-state index in [0.29, 0.717) is 29.9 Å². The molecule has 1 aliphatic heterocycles. The van der Waals surface area contributed by atoms with E-state index in [1.165, 1.54) is 6.92 Å². The van der Waals surface area contributed by atoms with Gasteiger partial charge in [-0.05, 0) is 66.8 Å². The average molecular weight is 498 g/mol. The normalized spacial score (nSPS) is 14.9. The molecule has 5 rings (SSSR count). The molecule has 0 saturated carbocycles. The highest BCUT2D eigenvalue weighted by Crippen LogP contribution is 2.36. The molecule has 2 heterocycles. The lowest BCUT2D eigenvalue weighted by atomic mass is 9.99. The predicted molar refractivity (Wildman–Crippen MR) is 144 cm³/mol. The third-order valence-electron chi connectivity index (χ3n) is 6.35. The van der Waals surface area contributed by atoms with Crippen molar-refractivity contribution < 1.29 is 19.1 Å². The van der Waals surface area contributed by atoms with E-state index >= 15 is 0 Å². The van der Waals surface area contributed by atoms with E-state index < -0.39 is 6.09 Å². The van der Waals surface area contributed by atoms with Crippen LogP contribution in [0.4, 0.5) is 21.9 Å². The Hall–Kier alpha value is -4.79. The number of carbonyl (C=O) groups is 3. The Kier molecular flexibility index (Phi) is 6.27. The van der Waals surface area contributed by atoms with Crippen LogP contribution in [-0.4, -0.2) is 35.5 Å². The van der Waals surface area contributed by atoms with Crippen LogP contribution in [0.3, 0.4) is 0 Å². The summed E-state index contributed by atoms with van der Waals surface area (Å²) in [5.41, 5.74) is 10.2. The first-order chi connectivity index (χ1) is 17.8. The van der Waals surface area contributed by atoms with Gasteiger partial charge in [0.2, 0.25) is 5.91 Å². The van der Waals surface area contributed by atoms with Gasteiger partial charge in [-0.2, -0.15) is 0 Å². The molecule has 3 amide bonds. The highest BCUT2D eigenvalue weighted by molar-refractivity contribution is 6.10. The summed E-state index contributed by atoms with van der Waals surface area (Å²) in [6.07, 6.45) is 1.65. The minimum absolute atomic E-state index is 0.125. The van der Waals surface area contributed by atoms with Gasteiger partial charge in [0.05, 0.1) is 11.4 Å². The van der Waals surface area contributed by atoms with Crippen LogP contribution in [0.25, 0.3) is 22.0 Å². The summed E-state index contributed by atoms with van der Waals surface area (Å²) in [5, 5.41) is 7.32. The number of H-pyrrole nitrogens is 1. The van der Waals surface area contributed by atoms with Crippen LogP contribution < -0.4 is 26.0 Å². The van der Waals surface area contributed by atoms with Gasteiger partial charge in [0.25, 0.3) is 5.91 Å². The van der Waals surface area contributed by atoms with Crippen molar-refractivity contribution in [2.45, 2.75) is 26.3 Å². The topological polar surface area (TPSA) is 130 Å². The van der Waals surface area contributed by atoms with Crippen molar-refractivity contribution in [3.05, 3.63) is 72.4 Å². The number of benzene rings is 3. The number of anilines is 3.